The van der Waals surface area contributed by atoms with Crippen LogP contribution in [0.5, 0.6) is 0 Å². The Balaban J connectivity index is 0.00000225. The van der Waals surface area contributed by atoms with Crippen LogP contribution in [0.25, 0.3) is 0 Å². The van der Waals surface area contributed by atoms with Crippen molar-refractivity contribution in [1.82, 2.24) is 15.6 Å². The van der Waals surface area contributed by atoms with Gasteiger partial charge in [0.25, 0.3) is 0 Å². The number of aromatic nitrogens is 1. The van der Waals surface area contributed by atoms with E-state index in [-0.39, 0.29) is 41.8 Å². The fourth-order valence-corrected chi connectivity index (χ4v) is 3.99. The summed E-state index contributed by atoms with van der Waals surface area (Å²) in [7, 11) is 1.73. The zero-order valence-corrected chi connectivity index (χ0v) is 18.2. The van der Waals surface area contributed by atoms with E-state index in [9.17, 15) is 4.39 Å². The third-order valence-corrected chi connectivity index (χ3v) is 5.53. The second-order valence-electron chi connectivity index (χ2n) is 5.90. The van der Waals surface area contributed by atoms with Crippen molar-refractivity contribution in [2.75, 3.05) is 7.05 Å². The van der Waals surface area contributed by atoms with Crippen LogP contribution in [0.15, 0.2) is 23.2 Å². The van der Waals surface area contributed by atoms with Gasteiger partial charge < -0.3 is 10.6 Å². The second-order valence-corrected chi connectivity index (χ2v) is 7.59. The second kappa shape index (κ2) is 8.64. The van der Waals surface area contributed by atoms with E-state index < -0.39 is 0 Å². The molecule has 1 aromatic carbocycles. The minimum absolute atomic E-state index is 0. The molecule has 0 amide bonds. The third kappa shape index (κ3) is 4.83. The van der Waals surface area contributed by atoms with Gasteiger partial charge in [-0.2, -0.15) is 0 Å². The van der Waals surface area contributed by atoms with Crippen molar-refractivity contribution in [2.24, 2.45) is 4.99 Å². The summed E-state index contributed by atoms with van der Waals surface area (Å²) in [6, 6.07) is 4.97. The lowest BCUT2D eigenvalue weighted by Crippen LogP contribution is -2.38. The molecule has 2 unspecified atom stereocenters. The number of thiazole rings is 1. The highest BCUT2D eigenvalue weighted by Gasteiger charge is 2.41. The Labute approximate surface area is 173 Å². The van der Waals surface area contributed by atoms with Gasteiger partial charge in [0.15, 0.2) is 5.96 Å². The molecule has 8 heteroatoms. The number of aryl methyl sites for hydroxylation is 2. The summed E-state index contributed by atoms with van der Waals surface area (Å²) in [6.07, 6.45) is 0.847. The molecule has 1 fully saturated rings. The molecule has 25 heavy (non-hydrogen) atoms. The van der Waals surface area contributed by atoms with Crippen molar-refractivity contribution in [3.05, 3.63) is 50.2 Å². The van der Waals surface area contributed by atoms with Crippen LogP contribution in [-0.2, 0) is 6.54 Å². The number of guanidine groups is 1. The van der Waals surface area contributed by atoms with Crippen LogP contribution in [0.1, 0.15) is 33.5 Å². The number of nitrogens with one attached hydrogen (secondary N) is 2. The average Bonchev–Trinajstić information content (AvgIpc) is 3.20. The first-order valence-corrected chi connectivity index (χ1v) is 9.03. The van der Waals surface area contributed by atoms with Gasteiger partial charge in [-0.05, 0) is 32.4 Å². The summed E-state index contributed by atoms with van der Waals surface area (Å²) >= 11 is 7.82. The molecule has 0 spiro atoms. The Morgan fingerprint density at radius 3 is 2.80 bits per heavy atom. The first-order chi connectivity index (χ1) is 11.5. The van der Waals surface area contributed by atoms with E-state index in [0.717, 1.165) is 17.1 Å². The number of aliphatic imine (C=N–C) groups is 1. The fourth-order valence-electron chi connectivity index (χ4n) is 2.81. The van der Waals surface area contributed by atoms with Crippen molar-refractivity contribution < 1.29 is 4.39 Å². The van der Waals surface area contributed by atoms with Crippen LogP contribution in [-0.4, -0.2) is 24.0 Å². The number of hydrogen-bond donors (Lipinski definition) is 2. The Morgan fingerprint density at radius 1 is 1.44 bits per heavy atom. The van der Waals surface area contributed by atoms with Crippen LogP contribution in [0, 0.1) is 19.7 Å². The molecule has 1 saturated carbocycles. The molecule has 1 heterocycles. The summed E-state index contributed by atoms with van der Waals surface area (Å²) in [6.45, 7) is 4.68. The Hall–Kier alpha value is -0.930. The Morgan fingerprint density at radius 2 is 2.20 bits per heavy atom. The maximum absolute atomic E-state index is 14.0. The third-order valence-electron chi connectivity index (χ3n) is 4.12. The maximum Gasteiger partial charge on any atom is 0.191 e. The van der Waals surface area contributed by atoms with Gasteiger partial charge in [-0.25, -0.2) is 9.37 Å². The summed E-state index contributed by atoms with van der Waals surface area (Å²) in [5.41, 5.74) is 1.64. The Bertz CT molecular complexity index is 760. The summed E-state index contributed by atoms with van der Waals surface area (Å²) in [5.74, 6) is 0.556. The predicted octanol–water partition coefficient (Wildman–Crippen LogP) is 4.39. The molecule has 1 aromatic heterocycles. The highest BCUT2D eigenvalue weighted by molar-refractivity contribution is 14.0. The first kappa shape index (κ1) is 20.4. The largest absolute Gasteiger partial charge is 0.353 e. The number of rotatable bonds is 4. The van der Waals surface area contributed by atoms with Crippen molar-refractivity contribution in [2.45, 2.75) is 38.8 Å². The van der Waals surface area contributed by atoms with Crippen molar-refractivity contribution in [3.8, 4) is 0 Å². The molecule has 2 aromatic rings. The SMILES string of the molecule is CN=C(NCc1sc(C)nc1C)NC1CC1c1c(F)cccc1Cl.I. The van der Waals surface area contributed by atoms with E-state index in [0.29, 0.717) is 23.1 Å². The van der Waals surface area contributed by atoms with Crippen LogP contribution in [0.2, 0.25) is 5.02 Å². The molecule has 1 aliphatic rings. The van der Waals surface area contributed by atoms with Gasteiger partial charge in [0, 0.05) is 34.5 Å². The topological polar surface area (TPSA) is 49.3 Å². The lowest BCUT2D eigenvalue weighted by molar-refractivity contribution is 0.608. The number of hydrogen-bond acceptors (Lipinski definition) is 3. The predicted molar refractivity (Wildman–Crippen MR) is 113 cm³/mol. The van der Waals surface area contributed by atoms with Gasteiger partial charge in [-0.3, -0.25) is 4.99 Å². The highest BCUT2D eigenvalue weighted by atomic mass is 127. The normalized spacial score (nSPS) is 19.3. The van der Waals surface area contributed by atoms with Gasteiger partial charge in [-0.15, -0.1) is 35.3 Å². The fraction of sp³-hybridized carbons (Fsp3) is 0.412. The van der Waals surface area contributed by atoms with Crippen LogP contribution in [0.3, 0.4) is 0 Å². The summed E-state index contributed by atoms with van der Waals surface area (Å²) in [4.78, 5) is 9.86. The van der Waals surface area contributed by atoms with Gasteiger partial charge in [0.2, 0.25) is 0 Å². The molecular formula is C17H21ClFIN4S. The quantitative estimate of drug-likeness (QED) is 0.376. The Kier molecular flexibility index (Phi) is 7.04. The van der Waals surface area contributed by atoms with E-state index in [1.165, 1.54) is 10.9 Å². The van der Waals surface area contributed by atoms with Crippen LogP contribution in [0.4, 0.5) is 4.39 Å². The van der Waals surface area contributed by atoms with Gasteiger partial charge in [0.05, 0.1) is 17.2 Å². The summed E-state index contributed by atoms with van der Waals surface area (Å²) in [5, 5.41) is 8.18. The molecule has 2 atom stereocenters. The smallest absolute Gasteiger partial charge is 0.191 e. The van der Waals surface area contributed by atoms with Crippen LogP contribution >= 0.6 is 46.9 Å². The lowest BCUT2D eigenvalue weighted by Gasteiger charge is -2.12. The number of benzene rings is 1. The first-order valence-electron chi connectivity index (χ1n) is 7.83. The minimum Gasteiger partial charge on any atom is -0.353 e. The van der Waals surface area contributed by atoms with E-state index in [4.69, 9.17) is 11.6 Å². The minimum atomic E-state index is -0.240. The van der Waals surface area contributed by atoms with E-state index in [1.807, 2.05) is 13.8 Å². The lowest BCUT2D eigenvalue weighted by atomic mass is 10.1. The molecule has 4 nitrogen and oxygen atoms in total. The van der Waals surface area contributed by atoms with Gasteiger partial charge in [0.1, 0.15) is 5.82 Å². The maximum atomic E-state index is 14.0. The average molecular weight is 495 g/mol. The molecular weight excluding hydrogens is 474 g/mol. The molecule has 1 aliphatic carbocycles. The molecule has 136 valence electrons. The standard InChI is InChI=1S/C17H20ClFN4S.HI/c1-9-15(24-10(2)22-9)8-21-17(20-3)23-14-7-11(14)16-12(18)5-4-6-13(16)19;/h4-6,11,14H,7-8H2,1-3H3,(H2,20,21,23);1H. The zero-order valence-electron chi connectivity index (χ0n) is 14.3. The monoisotopic (exact) mass is 494 g/mol. The molecule has 0 aliphatic heterocycles. The van der Waals surface area contributed by atoms with Crippen LogP contribution < -0.4 is 10.6 Å². The van der Waals surface area contributed by atoms with Crippen molar-refractivity contribution >= 4 is 52.9 Å². The van der Waals surface area contributed by atoms with Crippen molar-refractivity contribution in [3.63, 3.8) is 0 Å². The summed E-state index contributed by atoms with van der Waals surface area (Å²) < 4.78 is 14.0. The molecule has 3 rings (SSSR count). The zero-order chi connectivity index (χ0) is 17.3. The molecule has 0 bridgehead atoms. The molecule has 0 saturated heterocycles. The van der Waals surface area contributed by atoms with Gasteiger partial charge >= 0.3 is 0 Å². The molecule has 2 N–H and O–H groups in total. The van der Waals surface area contributed by atoms with E-state index in [1.54, 1.807) is 30.5 Å². The van der Waals surface area contributed by atoms with E-state index in [2.05, 4.69) is 20.6 Å². The number of halogens is 3. The van der Waals surface area contributed by atoms with Crippen molar-refractivity contribution in [1.29, 1.82) is 0 Å². The molecule has 0 radical (unpaired) electrons. The number of nitrogens with zero attached hydrogens (tertiary/aromatic N) is 2. The van der Waals surface area contributed by atoms with Gasteiger partial charge in [-0.1, -0.05) is 17.7 Å². The highest BCUT2D eigenvalue weighted by Crippen LogP contribution is 2.44. The van der Waals surface area contributed by atoms with E-state index >= 15 is 0 Å².